The molecule has 0 fully saturated rings. The first-order valence-corrected chi connectivity index (χ1v) is 2.93. The molecule has 0 aromatic rings. The summed E-state index contributed by atoms with van der Waals surface area (Å²) < 4.78 is 0. The molecular formula is C6H14N2. The van der Waals surface area contributed by atoms with Crippen LogP contribution < -0.4 is 0 Å². The number of nitrogens with one attached hydrogen (secondary N) is 1. The average Bonchev–Trinajstić information content (AvgIpc) is 1.67. The first-order valence-electron chi connectivity index (χ1n) is 2.93. The van der Waals surface area contributed by atoms with Gasteiger partial charge in [0.15, 0.2) is 0 Å². The summed E-state index contributed by atoms with van der Waals surface area (Å²) in [4.78, 5) is 1.84. The Labute approximate surface area is 51.0 Å². The molecule has 2 nitrogen and oxygen atoms in total. The van der Waals surface area contributed by atoms with Crippen LogP contribution in [0.4, 0.5) is 0 Å². The maximum Gasteiger partial charge on any atom is 0.0952 e. The Hall–Kier alpha value is -0.530. The van der Waals surface area contributed by atoms with Gasteiger partial charge in [-0.15, -0.1) is 0 Å². The number of nitrogens with zero attached hydrogens (tertiary/aromatic N) is 1. The van der Waals surface area contributed by atoms with E-state index in [0.29, 0.717) is 5.84 Å². The fourth-order valence-electron chi connectivity index (χ4n) is 0.460. The Kier molecular flexibility index (Phi) is 3.24. The van der Waals surface area contributed by atoms with Gasteiger partial charge in [0.2, 0.25) is 0 Å². The lowest BCUT2D eigenvalue weighted by molar-refractivity contribution is 0.595. The van der Waals surface area contributed by atoms with Crippen molar-refractivity contribution in [2.24, 2.45) is 0 Å². The van der Waals surface area contributed by atoms with Crippen molar-refractivity contribution in [2.75, 3.05) is 14.1 Å². The van der Waals surface area contributed by atoms with Crippen LogP contribution in [0.2, 0.25) is 0 Å². The van der Waals surface area contributed by atoms with Crippen molar-refractivity contribution in [3.63, 3.8) is 0 Å². The first kappa shape index (κ1) is 7.47. The third kappa shape index (κ3) is 2.61. The van der Waals surface area contributed by atoms with Crippen molar-refractivity contribution in [1.82, 2.24) is 4.90 Å². The highest BCUT2D eigenvalue weighted by molar-refractivity contribution is 5.78. The van der Waals surface area contributed by atoms with Crippen LogP contribution in [0.25, 0.3) is 0 Å². The van der Waals surface area contributed by atoms with Crippen molar-refractivity contribution in [3.05, 3.63) is 0 Å². The molecule has 0 bridgehead atoms. The molecule has 0 aliphatic carbocycles. The SMILES string of the molecule is CCCC(=N)N(C)C. The largest absolute Gasteiger partial charge is 0.367 e. The molecule has 0 aromatic carbocycles. The highest BCUT2D eigenvalue weighted by Crippen LogP contribution is 1.90. The van der Waals surface area contributed by atoms with E-state index in [2.05, 4.69) is 6.92 Å². The second-order valence-corrected chi connectivity index (χ2v) is 2.09. The minimum atomic E-state index is 0.715. The van der Waals surface area contributed by atoms with E-state index >= 15 is 0 Å². The Balaban J connectivity index is 3.33. The average molecular weight is 114 g/mol. The highest BCUT2D eigenvalue weighted by Gasteiger charge is 1.93. The molecule has 0 amide bonds. The summed E-state index contributed by atoms with van der Waals surface area (Å²) in [5, 5.41) is 7.27. The lowest BCUT2D eigenvalue weighted by Gasteiger charge is -2.11. The van der Waals surface area contributed by atoms with Gasteiger partial charge in [0.1, 0.15) is 0 Å². The summed E-state index contributed by atoms with van der Waals surface area (Å²) in [5.41, 5.74) is 0. The highest BCUT2D eigenvalue weighted by atomic mass is 15.1. The van der Waals surface area contributed by atoms with Crippen LogP contribution in [0.1, 0.15) is 19.8 Å². The summed E-state index contributed by atoms with van der Waals surface area (Å²) in [6.07, 6.45) is 1.96. The van der Waals surface area contributed by atoms with Crippen LogP contribution in [0.5, 0.6) is 0 Å². The summed E-state index contributed by atoms with van der Waals surface area (Å²) >= 11 is 0. The van der Waals surface area contributed by atoms with Gasteiger partial charge in [-0.25, -0.2) is 0 Å². The Morgan fingerprint density at radius 3 is 2.12 bits per heavy atom. The second-order valence-electron chi connectivity index (χ2n) is 2.09. The number of amidine groups is 1. The maximum atomic E-state index is 7.27. The van der Waals surface area contributed by atoms with Gasteiger partial charge in [-0.1, -0.05) is 6.92 Å². The zero-order chi connectivity index (χ0) is 6.57. The van der Waals surface area contributed by atoms with E-state index in [4.69, 9.17) is 5.41 Å². The molecule has 0 saturated heterocycles. The second kappa shape index (κ2) is 3.47. The van der Waals surface area contributed by atoms with Crippen LogP contribution in [-0.4, -0.2) is 24.8 Å². The fourth-order valence-corrected chi connectivity index (χ4v) is 0.460. The molecule has 0 unspecified atom stereocenters. The van der Waals surface area contributed by atoms with Gasteiger partial charge in [-0.2, -0.15) is 0 Å². The quantitative estimate of drug-likeness (QED) is 0.425. The van der Waals surface area contributed by atoms with Crippen LogP contribution in [0.3, 0.4) is 0 Å². The van der Waals surface area contributed by atoms with Crippen molar-refractivity contribution in [2.45, 2.75) is 19.8 Å². The normalized spacial score (nSPS) is 8.88. The first-order chi connectivity index (χ1) is 3.68. The minimum absolute atomic E-state index is 0.715. The zero-order valence-corrected chi connectivity index (χ0v) is 5.86. The van der Waals surface area contributed by atoms with E-state index in [1.807, 2.05) is 19.0 Å². The van der Waals surface area contributed by atoms with Crippen LogP contribution >= 0.6 is 0 Å². The van der Waals surface area contributed by atoms with E-state index in [1.165, 1.54) is 0 Å². The van der Waals surface area contributed by atoms with E-state index in [0.717, 1.165) is 12.8 Å². The van der Waals surface area contributed by atoms with Gasteiger partial charge in [-0.3, -0.25) is 5.41 Å². The molecule has 0 saturated carbocycles. The van der Waals surface area contributed by atoms with Crippen molar-refractivity contribution < 1.29 is 0 Å². The summed E-state index contributed by atoms with van der Waals surface area (Å²) in [7, 11) is 3.80. The Morgan fingerprint density at radius 2 is 2.00 bits per heavy atom. The lowest BCUT2D eigenvalue weighted by atomic mass is 10.3. The van der Waals surface area contributed by atoms with E-state index in [9.17, 15) is 0 Å². The lowest BCUT2D eigenvalue weighted by Crippen LogP contribution is -2.19. The zero-order valence-electron chi connectivity index (χ0n) is 5.86. The summed E-state index contributed by atoms with van der Waals surface area (Å²) in [6.45, 7) is 2.08. The molecule has 0 spiro atoms. The third-order valence-electron chi connectivity index (χ3n) is 1.03. The van der Waals surface area contributed by atoms with Crippen molar-refractivity contribution >= 4 is 5.84 Å². The Bertz CT molecular complexity index is 76.6. The molecule has 0 aliphatic heterocycles. The van der Waals surface area contributed by atoms with Gasteiger partial charge in [-0.05, 0) is 6.42 Å². The standard InChI is InChI=1S/C6H14N2/c1-4-5-6(7)8(2)3/h7H,4-5H2,1-3H3. The maximum absolute atomic E-state index is 7.27. The van der Waals surface area contributed by atoms with Gasteiger partial charge >= 0.3 is 0 Å². The van der Waals surface area contributed by atoms with E-state index in [-0.39, 0.29) is 0 Å². The molecular weight excluding hydrogens is 100 g/mol. The number of hydrogen-bond donors (Lipinski definition) is 1. The Morgan fingerprint density at radius 1 is 1.50 bits per heavy atom. The minimum Gasteiger partial charge on any atom is -0.367 e. The molecule has 0 heterocycles. The molecule has 0 aromatic heterocycles. The van der Waals surface area contributed by atoms with E-state index in [1.54, 1.807) is 0 Å². The molecule has 0 atom stereocenters. The van der Waals surface area contributed by atoms with Crippen LogP contribution in [0.15, 0.2) is 0 Å². The van der Waals surface area contributed by atoms with E-state index < -0.39 is 0 Å². The topological polar surface area (TPSA) is 27.1 Å². The number of hydrogen-bond acceptors (Lipinski definition) is 1. The molecule has 8 heavy (non-hydrogen) atoms. The molecule has 0 aliphatic rings. The third-order valence-corrected chi connectivity index (χ3v) is 1.03. The van der Waals surface area contributed by atoms with Gasteiger partial charge in [0, 0.05) is 20.5 Å². The van der Waals surface area contributed by atoms with Gasteiger partial charge < -0.3 is 4.90 Å². The summed E-state index contributed by atoms with van der Waals surface area (Å²) in [5.74, 6) is 0.715. The molecule has 0 radical (unpaired) electrons. The van der Waals surface area contributed by atoms with Gasteiger partial charge in [0.25, 0.3) is 0 Å². The molecule has 48 valence electrons. The van der Waals surface area contributed by atoms with Crippen LogP contribution in [0, 0.1) is 5.41 Å². The molecule has 1 N–H and O–H groups in total. The predicted molar refractivity (Wildman–Crippen MR) is 36.3 cm³/mol. The monoisotopic (exact) mass is 114 g/mol. The van der Waals surface area contributed by atoms with Crippen molar-refractivity contribution in [1.29, 1.82) is 5.41 Å². The smallest absolute Gasteiger partial charge is 0.0952 e. The fraction of sp³-hybridized carbons (Fsp3) is 0.833. The number of rotatable bonds is 2. The summed E-state index contributed by atoms with van der Waals surface area (Å²) in [6, 6.07) is 0. The van der Waals surface area contributed by atoms with Gasteiger partial charge in [0.05, 0.1) is 5.84 Å². The predicted octanol–water partition coefficient (Wildman–Crippen LogP) is 1.33. The molecule has 0 rings (SSSR count). The van der Waals surface area contributed by atoms with Crippen LogP contribution in [-0.2, 0) is 0 Å². The van der Waals surface area contributed by atoms with Crippen molar-refractivity contribution in [3.8, 4) is 0 Å². The molecule has 2 heteroatoms.